The summed E-state index contributed by atoms with van der Waals surface area (Å²) in [7, 11) is -10.4. The molecular weight excluding hydrogens is 725 g/mol. The van der Waals surface area contributed by atoms with Crippen LogP contribution in [-0.4, -0.2) is 64.1 Å². The number of pyridine rings is 1. The second-order valence-electron chi connectivity index (χ2n) is 9.92. The molecule has 262 valence electrons. The number of sulfonamides is 2. The summed E-state index contributed by atoms with van der Waals surface area (Å²) in [4.78, 5) is 25.2. The molecule has 21 heteroatoms. The van der Waals surface area contributed by atoms with E-state index >= 15 is 0 Å². The van der Waals surface area contributed by atoms with Gasteiger partial charge in [-0.15, -0.1) is 0 Å². The number of hydrogen-bond acceptors (Lipinski definition) is 7. The maximum absolute atomic E-state index is 13.8. The van der Waals surface area contributed by atoms with Crippen LogP contribution >= 0.6 is 0 Å². The Balaban J connectivity index is 1.90. The highest BCUT2D eigenvalue weighted by atomic mass is 32.2. The zero-order valence-corrected chi connectivity index (χ0v) is 25.5. The first-order chi connectivity index (χ1) is 22.4. The largest absolute Gasteiger partial charge is 0.480 e. The number of hydrogen-bond donors (Lipinski definition) is 1. The topological polar surface area (TPSA) is 142 Å². The van der Waals surface area contributed by atoms with Crippen molar-refractivity contribution in [1.29, 1.82) is 0 Å². The Bertz CT molecular complexity index is 2120. The molecule has 0 amide bonds. The number of anilines is 2. The van der Waals surface area contributed by atoms with Gasteiger partial charge in [0.05, 0.1) is 27.2 Å². The van der Waals surface area contributed by atoms with Crippen molar-refractivity contribution in [3.05, 3.63) is 90.1 Å². The molecule has 0 atom stereocenters. The highest BCUT2D eigenvalue weighted by Gasteiger charge is 2.41. The minimum absolute atomic E-state index is 0.142. The number of fused-ring (bicyclic) bond motifs is 1. The summed E-state index contributed by atoms with van der Waals surface area (Å²) >= 11 is 0. The normalized spacial score (nSPS) is 12.9. The number of benzene rings is 3. The van der Waals surface area contributed by atoms with Gasteiger partial charge in [-0.1, -0.05) is 24.3 Å². The molecule has 4 rings (SSSR count). The van der Waals surface area contributed by atoms with E-state index in [0.29, 0.717) is 54.7 Å². The summed E-state index contributed by atoms with van der Waals surface area (Å²) in [6.45, 7) is -3.64. The molecule has 49 heavy (non-hydrogen) atoms. The lowest BCUT2D eigenvalue weighted by Crippen LogP contribution is -2.40. The van der Waals surface area contributed by atoms with Gasteiger partial charge in [0.1, 0.15) is 13.1 Å². The van der Waals surface area contributed by atoms with Gasteiger partial charge in [-0.3, -0.25) is 13.9 Å². The minimum atomic E-state index is -5.34. The highest BCUT2D eigenvalue weighted by Crippen LogP contribution is 2.38. The SMILES string of the molecule is O=C(O)CN(c1ncc(N(CC(F)(F)F)S(=O)(=O)c2ccc(C(=O)C(F)(F)F)cc2)c2ccccc12)S(=O)(=O)c1ccc(C(F)(F)F)cc1. The molecule has 0 saturated heterocycles. The number of rotatable bonds is 10. The molecule has 10 nitrogen and oxygen atoms in total. The molecule has 0 spiro atoms. The van der Waals surface area contributed by atoms with Gasteiger partial charge in [0.15, 0.2) is 5.82 Å². The van der Waals surface area contributed by atoms with E-state index in [-0.39, 0.29) is 8.61 Å². The number of ketones is 1. The Labute approximate surface area is 270 Å². The third-order valence-corrected chi connectivity index (χ3v) is 10.1. The van der Waals surface area contributed by atoms with Crippen LogP contribution < -0.4 is 8.61 Å². The first-order valence-electron chi connectivity index (χ1n) is 13.1. The number of carbonyl (C=O) groups is 2. The van der Waals surface area contributed by atoms with Crippen LogP contribution in [0.25, 0.3) is 10.8 Å². The molecule has 1 N–H and O–H groups in total. The second kappa shape index (κ2) is 12.8. The van der Waals surface area contributed by atoms with E-state index in [1.165, 1.54) is 12.1 Å². The van der Waals surface area contributed by atoms with Crippen molar-refractivity contribution >= 4 is 54.1 Å². The monoisotopic (exact) mass is 743 g/mol. The lowest BCUT2D eigenvalue weighted by Gasteiger charge is -2.28. The van der Waals surface area contributed by atoms with E-state index in [1.807, 2.05) is 0 Å². The van der Waals surface area contributed by atoms with Crippen LogP contribution in [0.15, 0.2) is 88.8 Å². The van der Waals surface area contributed by atoms with E-state index in [0.717, 1.165) is 12.1 Å². The van der Waals surface area contributed by atoms with E-state index in [4.69, 9.17) is 0 Å². The van der Waals surface area contributed by atoms with Crippen molar-refractivity contribution in [3.63, 3.8) is 0 Å². The van der Waals surface area contributed by atoms with Gasteiger partial charge >= 0.3 is 24.5 Å². The molecule has 0 bridgehead atoms. The molecule has 0 aliphatic rings. The Morgan fingerprint density at radius 3 is 1.65 bits per heavy atom. The molecule has 0 aliphatic carbocycles. The quantitative estimate of drug-likeness (QED) is 0.153. The van der Waals surface area contributed by atoms with Crippen LogP contribution in [0.3, 0.4) is 0 Å². The van der Waals surface area contributed by atoms with Gasteiger partial charge in [0.25, 0.3) is 25.8 Å². The fourth-order valence-electron chi connectivity index (χ4n) is 4.43. The fraction of sp³-hybridized carbons (Fsp3) is 0.179. The summed E-state index contributed by atoms with van der Waals surface area (Å²) in [5, 5.41) is 8.63. The van der Waals surface area contributed by atoms with E-state index in [2.05, 4.69) is 4.98 Å². The smallest absolute Gasteiger partial charge is 0.454 e. The number of nitrogens with zero attached hydrogens (tertiary/aromatic N) is 3. The number of halogens is 9. The van der Waals surface area contributed by atoms with Crippen molar-refractivity contribution in [2.24, 2.45) is 0 Å². The summed E-state index contributed by atoms with van der Waals surface area (Å²) in [5.74, 6) is -4.91. The van der Waals surface area contributed by atoms with Crippen LogP contribution in [-0.2, 0) is 31.0 Å². The third kappa shape index (κ3) is 7.88. The molecule has 4 aromatic rings. The first-order valence-corrected chi connectivity index (χ1v) is 15.9. The predicted octanol–water partition coefficient (Wildman–Crippen LogP) is 6.04. The average molecular weight is 744 g/mol. The van der Waals surface area contributed by atoms with Crippen LogP contribution in [0.4, 0.5) is 51.0 Å². The van der Waals surface area contributed by atoms with Gasteiger partial charge in [-0.2, -0.15) is 39.5 Å². The van der Waals surface area contributed by atoms with Gasteiger partial charge in [-0.25, -0.2) is 26.1 Å². The van der Waals surface area contributed by atoms with Gasteiger partial charge in [0, 0.05) is 16.3 Å². The standard InChI is InChI=1S/C28H18F9N3O7S2/c29-26(30,31)15-40(49(46,47)18-9-5-16(6-10-18)24(43)28(35,36)37)22-13-38-25(21-4-2-1-3-20(21)22)39(14-23(41)42)48(44,45)19-11-7-17(8-12-19)27(32,33)34/h1-13H,14-15H2,(H,41,42). The van der Waals surface area contributed by atoms with Gasteiger partial charge in [-0.05, 0) is 48.5 Å². The van der Waals surface area contributed by atoms with Gasteiger partial charge < -0.3 is 5.11 Å². The summed E-state index contributed by atoms with van der Waals surface area (Å²) in [6.07, 6.45) is -15.0. The van der Waals surface area contributed by atoms with Crippen molar-refractivity contribution in [2.75, 3.05) is 21.7 Å². The molecule has 0 aliphatic heterocycles. The number of alkyl halides is 9. The Morgan fingerprint density at radius 2 is 1.18 bits per heavy atom. The van der Waals surface area contributed by atoms with Crippen LogP contribution in [0.2, 0.25) is 0 Å². The number of Topliss-reactive ketones (excluding diaryl/α,β-unsaturated/α-hetero) is 1. The highest BCUT2D eigenvalue weighted by molar-refractivity contribution is 7.93. The summed E-state index contributed by atoms with van der Waals surface area (Å²) < 4.78 is 173. The number of carboxylic acid groups (broad SMARTS) is 1. The van der Waals surface area contributed by atoms with Gasteiger partial charge in [0.2, 0.25) is 0 Å². The molecule has 0 fully saturated rings. The van der Waals surface area contributed by atoms with Crippen LogP contribution in [0.5, 0.6) is 0 Å². The second-order valence-corrected chi connectivity index (χ2v) is 13.6. The van der Waals surface area contributed by atoms with E-state index in [9.17, 15) is 71.0 Å². The minimum Gasteiger partial charge on any atom is -0.480 e. The maximum atomic E-state index is 13.8. The van der Waals surface area contributed by atoms with E-state index in [1.54, 1.807) is 0 Å². The lowest BCUT2D eigenvalue weighted by atomic mass is 10.1. The Hall–Kier alpha value is -4.92. The Kier molecular flexibility index (Phi) is 9.67. The molecule has 0 unspecified atom stereocenters. The number of aromatic nitrogens is 1. The Morgan fingerprint density at radius 1 is 0.694 bits per heavy atom. The third-order valence-electron chi connectivity index (χ3n) is 6.59. The van der Waals surface area contributed by atoms with Crippen molar-refractivity contribution in [1.82, 2.24) is 4.98 Å². The average Bonchev–Trinajstić information content (AvgIpc) is 3.00. The molecule has 0 radical (unpaired) electrons. The number of carboxylic acids is 1. The van der Waals surface area contributed by atoms with E-state index < -0.39 is 107 Å². The molecular formula is C28H18F9N3O7S2. The number of aliphatic carboxylic acids is 1. The molecule has 1 heterocycles. The number of carbonyl (C=O) groups excluding carboxylic acids is 1. The fourth-order valence-corrected chi connectivity index (χ4v) is 7.27. The van der Waals surface area contributed by atoms with Crippen LogP contribution in [0, 0.1) is 0 Å². The summed E-state index contributed by atoms with van der Waals surface area (Å²) in [5.41, 5.74) is -3.09. The predicted molar refractivity (Wildman–Crippen MR) is 153 cm³/mol. The van der Waals surface area contributed by atoms with Crippen molar-refractivity contribution in [3.8, 4) is 0 Å². The van der Waals surface area contributed by atoms with Crippen molar-refractivity contribution in [2.45, 2.75) is 28.3 Å². The van der Waals surface area contributed by atoms with Crippen LogP contribution in [0.1, 0.15) is 15.9 Å². The molecule has 0 saturated carbocycles. The lowest BCUT2D eigenvalue weighted by molar-refractivity contribution is -0.137. The van der Waals surface area contributed by atoms with Crippen molar-refractivity contribution < 1.29 is 71.0 Å². The maximum Gasteiger partial charge on any atom is 0.454 e. The molecule has 1 aromatic heterocycles. The zero-order chi connectivity index (χ0) is 36.7. The zero-order valence-electron chi connectivity index (χ0n) is 23.9. The first kappa shape index (κ1) is 36.9. The molecule has 3 aromatic carbocycles. The summed E-state index contributed by atoms with van der Waals surface area (Å²) in [6, 6.07) is 8.17.